The van der Waals surface area contributed by atoms with Crippen LogP contribution in [0, 0.1) is 0 Å². The zero-order valence-corrected chi connectivity index (χ0v) is 8.62. The Labute approximate surface area is 79.4 Å². The molecule has 0 saturated heterocycles. The van der Waals surface area contributed by atoms with Crippen molar-refractivity contribution in [2.75, 3.05) is 25.0 Å². The number of hydrogen-bond acceptors (Lipinski definition) is 3. The first-order valence-electron chi connectivity index (χ1n) is 4.62. The van der Waals surface area contributed by atoms with Gasteiger partial charge in [-0.15, -0.1) is 0 Å². The maximum absolute atomic E-state index is 5.48. The Morgan fingerprint density at radius 2 is 2.31 bits per heavy atom. The Hall–Kier alpha value is -1.03. The van der Waals surface area contributed by atoms with Gasteiger partial charge in [-0.1, -0.05) is 6.92 Å². The van der Waals surface area contributed by atoms with Crippen molar-refractivity contribution >= 4 is 5.95 Å². The normalized spacial score (nSPS) is 10.5. The molecule has 0 fully saturated rings. The molecule has 0 atom stereocenters. The van der Waals surface area contributed by atoms with Crippen molar-refractivity contribution in [2.24, 2.45) is 12.8 Å². The molecule has 1 rings (SSSR count). The van der Waals surface area contributed by atoms with Gasteiger partial charge in [-0.05, 0) is 6.42 Å². The summed E-state index contributed by atoms with van der Waals surface area (Å²) in [5.41, 5.74) is 6.60. The zero-order valence-electron chi connectivity index (χ0n) is 8.62. The van der Waals surface area contributed by atoms with E-state index in [4.69, 9.17) is 5.73 Å². The monoisotopic (exact) mass is 182 g/mol. The van der Waals surface area contributed by atoms with Crippen LogP contribution < -0.4 is 10.6 Å². The summed E-state index contributed by atoms with van der Waals surface area (Å²) in [6, 6.07) is 0. The number of aryl methyl sites for hydroxylation is 2. The molecule has 0 aromatic carbocycles. The van der Waals surface area contributed by atoms with Crippen LogP contribution in [0.25, 0.3) is 0 Å². The maximum Gasteiger partial charge on any atom is 0.205 e. The van der Waals surface area contributed by atoms with Gasteiger partial charge < -0.3 is 15.2 Å². The molecule has 13 heavy (non-hydrogen) atoms. The Morgan fingerprint density at radius 3 is 2.77 bits per heavy atom. The van der Waals surface area contributed by atoms with Crippen molar-refractivity contribution < 1.29 is 0 Å². The lowest BCUT2D eigenvalue weighted by molar-refractivity contribution is 0.798. The van der Waals surface area contributed by atoms with E-state index in [9.17, 15) is 0 Å². The van der Waals surface area contributed by atoms with Crippen LogP contribution in [-0.4, -0.2) is 29.7 Å². The predicted octanol–water partition coefficient (Wildman–Crippen LogP) is 0.377. The summed E-state index contributed by atoms with van der Waals surface area (Å²) >= 11 is 0. The van der Waals surface area contributed by atoms with Crippen molar-refractivity contribution in [1.29, 1.82) is 0 Å². The second kappa shape index (κ2) is 4.28. The molecule has 0 saturated carbocycles. The molecule has 4 nitrogen and oxygen atoms in total. The molecule has 0 bridgehead atoms. The average Bonchev–Trinajstić information content (AvgIpc) is 2.47. The Bertz CT molecular complexity index is 267. The minimum absolute atomic E-state index is 0.658. The first-order chi connectivity index (χ1) is 6.19. The Balaban J connectivity index is 2.80. The fraction of sp³-hybridized carbons (Fsp3) is 0.667. The van der Waals surface area contributed by atoms with E-state index in [0.717, 1.165) is 24.6 Å². The van der Waals surface area contributed by atoms with Crippen LogP contribution in [-0.2, 0) is 13.5 Å². The van der Waals surface area contributed by atoms with Gasteiger partial charge in [0.05, 0.1) is 5.69 Å². The fourth-order valence-electron chi connectivity index (χ4n) is 1.34. The highest BCUT2D eigenvalue weighted by molar-refractivity contribution is 5.31. The quantitative estimate of drug-likeness (QED) is 0.732. The van der Waals surface area contributed by atoms with Crippen molar-refractivity contribution in [2.45, 2.75) is 13.3 Å². The molecule has 0 spiro atoms. The number of nitrogens with two attached hydrogens (primary N) is 1. The van der Waals surface area contributed by atoms with Crippen LogP contribution >= 0.6 is 0 Å². The molecular formula is C9H18N4. The van der Waals surface area contributed by atoms with Gasteiger partial charge in [0.1, 0.15) is 0 Å². The van der Waals surface area contributed by atoms with Gasteiger partial charge in [0, 0.05) is 33.4 Å². The number of imidazole rings is 1. The lowest BCUT2D eigenvalue weighted by atomic mass is 10.4. The number of hydrogen-bond donors (Lipinski definition) is 1. The van der Waals surface area contributed by atoms with Gasteiger partial charge in [-0.25, -0.2) is 4.98 Å². The highest BCUT2D eigenvalue weighted by Crippen LogP contribution is 2.10. The van der Waals surface area contributed by atoms with Crippen LogP contribution in [0.1, 0.15) is 12.6 Å². The van der Waals surface area contributed by atoms with E-state index in [1.807, 2.05) is 18.7 Å². The van der Waals surface area contributed by atoms with E-state index in [2.05, 4.69) is 23.0 Å². The third kappa shape index (κ3) is 2.21. The molecule has 0 radical (unpaired) electrons. The number of likely N-dealkylation sites (N-methyl/N-ethyl adjacent to an activating group) is 1. The Kier molecular flexibility index (Phi) is 3.31. The minimum atomic E-state index is 0.658. The van der Waals surface area contributed by atoms with E-state index < -0.39 is 0 Å². The van der Waals surface area contributed by atoms with Crippen molar-refractivity contribution in [3.8, 4) is 0 Å². The van der Waals surface area contributed by atoms with E-state index in [-0.39, 0.29) is 0 Å². The fourth-order valence-corrected chi connectivity index (χ4v) is 1.34. The number of nitrogens with zero attached hydrogens (tertiary/aromatic N) is 3. The molecule has 2 N–H and O–H groups in total. The SMILES string of the molecule is CCc1cn(C)c(N(C)CCN)n1. The summed E-state index contributed by atoms with van der Waals surface area (Å²) in [5, 5.41) is 0. The molecule has 74 valence electrons. The number of anilines is 1. The molecule has 0 amide bonds. The molecule has 1 aromatic heterocycles. The van der Waals surface area contributed by atoms with Gasteiger partial charge in [-0.3, -0.25) is 0 Å². The molecular weight excluding hydrogens is 164 g/mol. The first-order valence-corrected chi connectivity index (χ1v) is 4.62. The van der Waals surface area contributed by atoms with Crippen LogP contribution in [0.15, 0.2) is 6.20 Å². The van der Waals surface area contributed by atoms with E-state index >= 15 is 0 Å². The van der Waals surface area contributed by atoms with Crippen LogP contribution in [0.5, 0.6) is 0 Å². The van der Waals surface area contributed by atoms with Gasteiger partial charge >= 0.3 is 0 Å². The molecule has 0 aliphatic carbocycles. The van der Waals surface area contributed by atoms with Gasteiger partial charge in [0.15, 0.2) is 0 Å². The lowest BCUT2D eigenvalue weighted by Gasteiger charge is -2.16. The second-order valence-corrected chi connectivity index (χ2v) is 3.21. The van der Waals surface area contributed by atoms with Crippen LogP contribution in [0.2, 0.25) is 0 Å². The van der Waals surface area contributed by atoms with E-state index in [1.54, 1.807) is 0 Å². The summed E-state index contributed by atoms with van der Waals surface area (Å²) in [7, 11) is 4.02. The zero-order chi connectivity index (χ0) is 9.84. The van der Waals surface area contributed by atoms with Gasteiger partial charge in [-0.2, -0.15) is 0 Å². The van der Waals surface area contributed by atoms with Crippen LogP contribution in [0.3, 0.4) is 0 Å². The smallest absolute Gasteiger partial charge is 0.205 e. The molecule has 1 heterocycles. The Morgan fingerprint density at radius 1 is 1.62 bits per heavy atom. The standard InChI is InChI=1S/C9H18N4/c1-4-8-7-13(3)9(11-8)12(2)6-5-10/h7H,4-6,10H2,1-3H3. The topological polar surface area (TPSA) is 47.1 Å². The highest BCUT2D eigenvalue weighted by Gasteiger charge is 2.07. The van der Waals surface area contributed by atoms with Crippen molar-refractivity contribution in [3.05, 3.63) is 11.9 Å². The van der Waals surface area contributed by atoms with Gasteiger partial charge in [0.2, 0.25) is 5.95 Å². The summed E-state index contributed by atoms with van der Waals surface area (Å²) in [4.78, 5) is 6.55. The lowest BCUT2D eigenvalue weighted by Crippen LogP contribution is -2.27. The van der Waals surface area contributed by atoms with Crippen LogP contribution in [0.4, 0.5) is 5.95 Å². The minimum Gasteiger partial charge on any atom is -0.344 e. The summed E-state index contributed by atoms with van der Waals surface area (Å²) in [6.07, 6.45) is 3.03. The summed E-state index contributed by atoms with van der Waals surface area (Å²) < 4.78 is 2.04. The second-order valence-electron chi connectivity index (χ2n) is 3.21. The first kappa shape index (κ1) is 10.1. The summed E-state index contributed by atoms with van der Waals surface area (Å²) in [5.74, 6) is 0.988. The third-order valence-corrected chi connectivity index (χ3v) is 2.07. The maximum atomic E-state index is 5.48. The molecule has 1 aromatic rings. The number of rotatable bonds is 4. The predicted molar refractivity (Wildman–Crippen MR) is 54.9 cm³/mol. The molecule has 0 aliphatic heterocycles. The molecule has 0 unspecified atom stereocenters. The van der Waals surface area contributed by atoms with E-state index in [0.29, 0.717) is 6.54 Å². The average molecular weight is 182 g/mol. The van der Waals surface area contributed by atoms with Crippen molar-refractivity contribution in [3.63, 3.8) is 0 Å². The number of aromatic nitrogens is 2. The van der Waals surface area contributed by atoms with Gasteiger partial charge in [0.25, 0.3) is 0 Å². The summed E-state index contributed by atoms with van der Waals surface area (Å²) in [6.45, 7) is 3.61. The van der Waals surface area contributed by atoms with Crippen molar-refractivity contribution in [1.82, 2.24) is 9.55 Å². The third-order valence-electron chi connectivity index (χ3n) is 2.07. The molecule has 0 aliphatic rings. The largest absolute Gasteiger partial charge is 0.344 e. The van der Waals surface area contributed by atoms with E-state index in [1.165, 1.54) is 0 Å². The molecule has 4 heteroatoms. The highest BCUT2D eigenvalue weighted by atomic mass is 15.3.